The number of nitrogens with zero attached hydrogens (tertiary/aromatic N) is 3. The minimum atomic E-state index is -0.523. The Morgan fingerprint density at radius 3 is 2.69 bits per heavy atom. The van der Waals surface area contributed by atoms with Gasteiger partial charge in [-0.15, -0.1) is 10.2 Å². The topological polar surface area (TPSA) is 75.2 Å². The van der Waals surface area contributed by atoms with Gasteiger partial charge in [-0.05, 0) is 43.9 Å². The first-order chi connectivity index (χ1) is 12.5. The number of rotatable bonds is 4. The van der Waals surface area contributed by atoms with E-state index in [1.165, 1.54) is 17.4 Å². The van der Waals surface area contributed by atoms with Gasteiger partial charge in [0.1, 0.15) is 11.0 Å². The fourth-order valence-corrected chi connectivity index (χ4v) is 4.26. The van der Waals surface area contributed by atoms with Crippen molar-refractivity contribution in [1.29, 1.82) is 0 Å². The highest BCUT2D eigenvalue weighted by molar-refractivity contribution is 7.15. The van der Waals surface area contributed by atoms with Crippen molar-refractivity contribution >= 4 is 51.5 Å². The van der Waals surface area contributed by atoms with E-state index in [1.807, 2.05) is 0 Å². The molecule has 0 bridgehead atoms. The summed E-state index contributed by atoms with van der Waals surface area (Å²) in [5, 5.41) is 13.1. The van der Waals surface area contributed by atoms with E-state index in [2.05, 4.69) is 15.5 Å². The second-order valence-corrected chi connectivity index (χ2v) is 8.32. The summed E-state index contributed by atoms with van der Waals surface area (Å²) in [5.74, 6) is 0.0453. The molecule has 1 saturated heterocycles. The smallest absolute Gasteiger partial charge is 0.254 e. The summed E-state index contributed by atoms with van der Waals surface area (Å²) in [4.78, 5) is 27.0. The van der Waals surface area contributed by atoms with Gasteiger partial charge in [-0.25, -0.2) is 0 Å². The first-order valence-electron chi connectivity index (χ1n) is 8.43. The lowest BCUT2D eigenvalue weighted by Gasteiger charge is -2.23. The van der Waals surface area contributed by atoms with Gasteiger partial charge in [-0.2, -0.15) is 0 Å². The van der Waals surface area contributed by atoms with Crippen LogP contribution in [-0.4, -0.2) is 39.5 Å². The average molecular weight is 411 g/mol. The van der Waals surface area contributed by atoms with Crippen LogP contribution in [0.2, 0.25) is 10.0 Å². The van der Waals surface area contributed by atoms with Gasteiger partial charge < -0.3 is 4.90 Å². The summed E-state index contributed by atoms with van der Waals surface area (Å²) in [6, 6.07) is 4.22. The molecule has 2 heterocycles. The molecule has 1 aromatic heterocycles. The highest BCUT2D eigenvalue weighted by Gasteiger charge is 2.35. The number of carbonyl (C=O) groups excluding carboxylic acids is 2. The zero-order valence-electron chi connectivity index (χ0n) is 13.7. The molecule has 2 amide bonds. The van der Waals surface area contributed by atoms with Crippen molar-refractivity contribution in [3.63, 3.8) is 0 Å². The van der Waals surface area contributed by atoms with Crippen LogP contribution < -0.4 is 5.32 Å². The molecule has 2 fully saturated rings. The van der Waals surface area contributed by atoms with Crippen LogP contribution in [0.15, 0.2) is 18.2 Å². The van der Waals surface area contributed by atoms with Gasteiger partial charge in [0.25, 0.3) is 5.91 Å². The predicted molar refractivity (Wildman–Crippen MR) is 101 cm³/mol. The maximum Gasteiger partial charge on any atom is 0.254 e. The van der Waals surface area contributed by atoms with Crippen molar-refractivity contribution in [2.45, 2.75) is 37.6 Å². The Balaban J connectivity index is 1.46. The Hall–Kier alpha value is -1.70. The van der Waals surface area contributed by atoms with E-state index in [1.54, 1.807) is 17.0 Å². The molecule has 4 rings (SSSR count). The van der Waals surface area contributed by atoms with Crippen molar-refractivity contribution in [2.24, 2.45) is 0 Å². The van der Waals surface area contributed by atoms with Gasteiger partial charge in [0.2, 0.25) is 11.0 Å². The van der Waals surface area contributed by atoms with E-state index in [0.717, 1.165) is 24.3 Å². The van der Waals surface area contributed by atoms with Crippen LogP contribution in [0.3, 0.4) is 0 Å². The van der Waals surface area contributed by atoms with E-state index < -0.39 is 6.04 Å². The number of carbonyl (C=O) groups is 2. The highest BCUT2D eigenvalue weighted by atomic mass is 35.5. The normalized spacial score (nSPS) is 19.6. The number of hydrogen-bond donors (Lipinski definition) is 1. The van der Waals surface area contributed by atoms with Crippen LogP contribution in [0, 0.1) is 0 Å². The van der Waals surface area contributed by atoms with Gasteiger partial charge in [-0.1, -0.05) is 34.5 Å². The minimum absolute atomic E-state index is 0.225. The van der Waals surface area contributed by atoms with Crippen LogP contribution in [-0.2, 0) is 4.79 Å². The molecule has 2 aromatic rings. The molecule has 9 heteroatoms. The summed E-state index contributed by atoms with van der Waals surface area (Å²) < 4.78 is 0. The number of anilines is 1. The number of aromatic nitrogens is 2. The van der Waals surface area contributed by atoms with E-state index in [-0.39, 0.29) is 11.8 Å². The van der Waals surface area contributed by atoms with Crippen LogP contribution in [0.4, 0.5) is 5.13 Å². The van der Waals surface area contributed by atoms with Crippen molar-refractivity contribution in [3.8, 4) is 0 Å². The molecule has 1 N–H and O–H groups in total. The molecular formula is C17H16Cl2N4O2S. The number of likely N-dealkylation sites (tertiary alicyclic amines) is 1. The summed E-state index contributed by atoms with van der Waals surface area (Å²) in [6.45, 7) is 0.528. The molecule has 0 spiro atoms. The minimum Gasteiger partial charge on any atom is -0.327 e. The molecule has 1 saturated carbocycles. The van der Waals surface area contributed by atoms with E-state index >= 15 is 0 Å². The highest BCUT2D eigenvalue weighted by Crippen LogP contribution is 2.42. The maximum absolute atomic E-state index is 12.8. The summed E-state index contributed by atoms with van der Waals surface area (Å²) in [7, 11) is 0. The number of halogens is 2. The monoisotopic (exact) mass is 410 g/mol. The van der Waals surface area contributed by atoms with Crippen LogP contribution in [0.5, 0.6) is 0 Å². The lowest BCUT2D eigenvalue weighted by molar-refractivity contribution is -0.119. The maximum atomic E-state index is 12.8. The molecule has 1 aliphatic carbocycles. The summed E-state index contributed by atoms with van der Waals surface area (Å²) >= 11 is 13.3. The SMILES string of the molecule is O=C(Nc1nnc(C2CC2)s1)C1CCCN1C(=O)c1ccc(Cl)c(Cl)c1. The Morgan fingerprint density at radius 1 is 1.15 bits per heavy atom. The molecule has 0 radical (unpaired) electrons. The third kappa shape index (κ3) is 3.56. The summed E-state index contributed by atoms with van der Waals surface area (Å²) in [6.07, 6.45) is 3.66. The first kappa shape index (κ1) is 17.7. The molecule has 1 atom stereocenters. The van der Waals surface area contributed by atoms with Gasteiger partial charge in [0.05, 0.1) is 10.0 Å². The molecule has 6 nitrogen and oxygen atoms in total. The van der Waals surface area contributed by atoms with Gasteiger partial charge in [-0.3, -0.25) is 14.9 Å². The van der Waals surface area contributed by atoms with Crippen molar-refractivity contribution in [2.75, 3.05) is 11.9 Å². The van der Waals surface area contributed by atoms with Gasteiger partial charge in [0, 0.05) is 18.0 Å². The second kappa shape index (κ2) is 7.13. The molecular weight excluding hydrogens is 395 g/mol. The Labute approximate surface area is 164 Å². The third-order valence-electron chi connectivity index (χ3n) is 4.58. The van der Waals surface area contributed by atoms with Crippen LogP contribution >= 0.6 is 34.5 Å². The predicted octanol–water partition coefficient (Wildman–Crippen LogP) is 3.97. The third-order valence-corrected chi connectivity index (χ3v) is 6.32. The lowest BCUT2D eigenvalue weighted by atomic mass is 10.1. The summed E-state index contributed by atoms with van der Waals surface area (Å²) in [5.41, 5.74) is 0.422. The first-order valence-corrected chi connectivity index (χ1v) is 10.0. The quantitative estimate of drug-likeness (QED) is 0.826. The molecule has 26 heavy (non-hydrogen) atoms. The fourth-order valence-electron chi connectivity index (χ4n) is 3.05. The zero-order valence-corrected chi connectivity index (χ0v) is 16.1. The van der Waals surface area contributed by atoms with Crippen molar-refractivity contribution < 1.29 is 9.59 Å². The van der Waals surface area contributed by atoms with Crippen molar-refractivity contribution in [3.05, 3.63) is 38.8 Å². The lowest BCUT2D eigenvalue weighted by Crippen LogP contribution is -2.43. The number of amides is 2. The zero-order chi connectivity index (χ0) is 18.3. The van der Waals surface area contributed by atoms with E-state index in [0.29, 0.717) is 39.6 Å². The second-order valence-electron chi connectivity index (χ2n) is 6.49. The van der Waals surface area contributed by atoms with Gasteiger partial charge >= 0.3 is 0 Å². The van der Waals surface area contributed by atoms with Crippen LogP contribution in [0.25, 0.3) is 0 Å². The number of benzene rings is 1. The molecule has 1 unspecified atom stereocenters. The number of hydrogen-bond acceptors (Lipinski definition) is 5. The Morgan fingerprint density at radius 2 is 1.96 bits per heavy atom. The van der Waals surface area contributed by atoms with Gasteiger partial charge in [0.15, 0.2) is 0 Å². The molecule has 1 aromatic carbocycles. The average Bonchev–Trinajstić information content (AvgIpc) is 3.17. The van der Waals surface area contributed by atoms with E-state index in [9.17, 15) is 9.59 Å². The number of nitrogens with one attached hydrogen (secondary N) is 1. The molecule has 2 aliphatic rings. The molecule has 1 aliphatic heterocycles. The Kier molecular flexibility index (Phi) is 4.86. The largest absolute Gasteiger partial charge is 0.327 e. The van der Waals surface area contributed by atoms with Crippen LogP contribution in [0.1, 0.15) is 47.0 Å². The molecule has 136 valence electrons. The van der Waals surface area contributed by atoms with Crippen molar-refractivity contribution in [1.82, 2.24) is 15.1 Å². The standard InChI is InChI=1S/C17H16Cl2N4O2S/c18-11-6-5-10(8-12(11)19)16(25)23-7-1-2-13(23)14(24)20-17-22-21-15(26-17)9-3-4-9/h5-6,8-9,13H,1-4,7H2,(H,20,22,24). The fraction of sp³-hybridized carbons (Fsp3) is 0.412. The Bertz CT molecular complexity index is 868. The van der Waals surface area contributed by atoms with E-state index in [4.69, 9.17) is 23.2 Å².